The molecule has 0 amide bonds. The molecule has 0 bridgehead atoms. The maximum atomic E-state index is 7.20. The zero-order valence-electron chi connectivity index (χ0n) is 8.36. The highest BCUT2D eigenvalue weighted by Crippen LogP contribution is 1.65. The Morgan fingerprint density at radius 1 is 1.50 bits per heavy atom. The zero-order chi connectivity index (χ0) is 8.70. The van der Waals surface area contributed by atoms with E-state index in [2.05, 4.69) is 5.32 Å². The molecule has 2 N–H and O–H groups in total. The SMILES string of the molecule is [2H]N1CCNC([2H])([2H])C1([2H])[2H]. The Morgan fingerprint density at radius 2 is 2.50 bits per heavy atom. The number of hydrogen-bond donors (Lipinski definition) is 2. The van der Waals surface area contributed by atoms with Crippen LogP contribution in [-0.4, -0.2) is 26.1 Å². The van der Waals surface area contributed by atoms with Crippen LogP contribution in [0.5, 0.6) is 0 Å². The van der Waals surface area contributed by atoms with Crippen molar-refractivity contribution < 1.29 is 6.89 Å². The zero-order valence-corrected chi connectivity index (χ0v) is 3.36. The summed E-state index contributed by atoms with van der Waals surface area (Å²) in [7, 11) is 0. The molecule has 2 nitrogen and oxygen atoms in total. The van der Waals surface area contributed by atoms with Crippen LogP contribution in [0.2, 0.25) is 1.41 Å². The lowest BCUT2D eigenvalue weighted by Gasteiger charge is -2.11. The Bertz CT molecular complexity index is 159. The number of piperazine rings is 1. The van der Waals surface area contributed by atoms with Crippen molar-refractivity contribution in [3.8, 4) is 0 Å². The molecule has 0 aliphatic carbocycles. The van der Waals surface area contributed by atoms with E-state index >= 15 is 0 Å². The third-order valence-electron chi connectivity index (χ3n) is 0.572. The van der Waals surface area contributed by atoms with Crippen LogP contribution in [0, 0.1) is 0 Å². The molecule has 0 aromatic heterocycles. The summed E-state index contributed by atoms with van der Waals surface area (Å²) < 4.78 is 35.9. The van der Waals surface area contributed by atoms with Crippen molar-refractivity contribution in [1.29, 1.82) is 0 Å². The molecule has 6 heavy (non-hydrogen) atoms. The van der Waals surface area contributed by atoms with E-state index in [-0.39, 0.29) is 6.54 Å². The molecule has 1 aliphatic rings. The Balaban J connectivity index is 2.82. The topological polar surface area (TPSA) is 24.1 Å². The fourth-order valence-electron chi connectivity index (χ4n) is 0.309. The van der Waals surface area contributed by atoms with Crippen molar-refractivity contribution in [3.05, 3.63) is 0 Å². The minimum atomic E-state index is -2.24. The Labute approximate surface area is 45.0 Å². The molecule has 1 aliphatic heterocycles. The molecular formula is C4H10N2. The molecule has 36 valence electrons. The van der Waals surface area contributed by atoms with E-state index in [1.165, 1.54) is 0 Å². The molecular weight excluding hydrogens is 76.1 g/mol. The summed E-state index contributed by atoms with van der Waals surface area (Å²) in [6, 6.07) is 0. The molecule has 0 saturated carbocycles. The number of nitrogens with one attached hydrogen (secondary N) is 2. The van der Waals surface area contributed by atoms with E-state index in [0.717, 1.165) is 0 Å². The average molecular weight is 91.2 g/mol. The summed E-state index contributed by atoms with van der Waals surface area (Å²) in [5.74, 6) is 0. The lowest BCUT2D eigenvalue weighted by molar-refractivity contribution is 0.534. The van der Waals surface area contributed by atoms with Crippen molar-refractivity contribution in [1.82, 2.24) is 10.6 Å². The first-order valence-corrected chi connectivity index (χ1v) is 1.89. The van der Waals surface area contributed by atoms with E-state index in [1.54, 1.807) is 0 Å². The molecule has 0 atom stereocenters. The minimum absolute atomic E-state index is 0.201. The van der Waals surface area contributed by atoms with Gasteiger partial charge in [0.1, 0.15) is 1.41 Å². The van der Waals surface area contributed by atoms with Gasteiger partial charge < -0.3 is 10.6 Å². The van der Waals surface area contributed by atoms with E-state index < -0.39 is 13.0 Å². The van der Waals surface area contributed by atoms with Crippen molar-refractivity contribution in [2.45, 2.75) is 0 Å². The van der Waals surface area contributed by atoms with E-state index in [9.17, 15) is 0 Å². The fraction of sp³-hybridized carbons (Fsp3) is 1.00. The highest BCUT2D eigenvalue weighted by molar-refractivity contribution is 4.59. The summed E-state index contributed by atoms with van der Waals surface area (Å²) in [6.45, 7) is -3.87. The lowest BCUT2D eigenvalue weighted by atomic mass is 10.4. The average Bonchev–Trinajstić information content (AvgIpc) is 1.84. The van der Waals surface area contributed by atoms with Crippen LogP contribution >= 0.6 is 0 Å². The molecule has 1 saturated heterocycles. The molecule has 1 fully saturated rings. The van der Waals surface area contributed by atoms with Crippen LogP contribution in [0.25, 0.3) is 0 Å². The summed E-state index contributed by atoms with van der Waals surface area (Å²) in [5, 5.41) is 3.00. The normalized spacial score (nSPS) is 56.3. The van der Waals surface area contributed by atoms with Crippen molar-refractivity contribution >= 4 is 0 Å². The Morgan fingerprint density at radius 3 is 3.17 bits per heavy atom. The third kappa shape index (κ3) is 0.954. The fourth-order valence-corrected chi connectivity index (χ4v) is 0.309. The first kappa shape index (κ1) is 1.20. The molecule has 0 aromatic carbocycles. The van der Waals surface area contributed by atoms with Crippen LogP contribution in [-0.2, 0) is 0 Å². The molecule has 0 unspecified atom stereocenters. The summed E-state index contributed by atoms with van der Waals surface area (Å²) in [6.07, 6.45) is 0. The van der Waals surface area contributed by atoms with Gasteiger partial charge in [0.05, 0.1) is 0 Å². The number of hydrogen-bond acceptors (Lipinski definition) is 2. The maximum Gasteiger partial charge on any atom is 0.122 e. The maximum absolute atomic E-state index is 7.20. The lowest BCUT2D eigenvalue weighted by Crippen LogP contribution is -2.39. The predicted octanol–water partition coefficient (Wildman–Crippen LogP) is -0.821. The van der Waals surface area contributed by atoms with Crippen LogP contribution in [0.4, 0.5) is 0 Å². The highest BCUT2D eigenvalue weighted by Gasteiger charge is 1.91. The highest BCUT2D eigenvalue weighted by atomic mass is 15.0. The molecule has 2 heteroatoms. The minimum Gasteiger partial charge on any atom is -0.314 e. The van der Waals surface area contributed by atoms with E-state index in [4.69, 9.17) is 6.89 Å². The van der Waals surface area contributed by atoms with Crippen molar-refractivity contribution in [2.75, 3.05) is 26.1 Å². The van der Waals surface area contributed by atoms with E-state index in [0.29, 0.717) is 11.9 Å². The Kier molecular flexibility index (Phi) is 0.432. The largest absolute Gasteiger partial charge is 0.314 e. The van der Waals surface area contributed by atoms with Gasteiger partial charge in [0, 0.05) is 31.6 Å². The quantitative estimate of drug-likeness (QED) is 0.407. The summed E-state index contributed by atoms with van der Waals surface area (Å²) in [5.41, 5.74) is 0. The van der Waals surface area contributed by atoms with Gasteiger partial charge in [-0.15, -0.1) is 0 Å². The molecule has 0 radical (unpaired) electrons. The summed E-state index contributed by atoms with van der Waals surface area (Å²) >= 11 is 0. The van der Waals surface area contributed by atoms with Crippen LogP contribution < -0.4 is 10.6 Å². The van der Waals surface area contributed by atoms with Gasteiger partial charge in [0.2, 0.25) is 0 Å². The van der Waals surface area contributed by atoms with Gasteiger partial charge in [0.15, 0.2) is 0 Å². The molecule has 0 aromatic rings. The van der Waals surface area contributed by atoms with E-state index in [1.807, 2.05) is 0 Å². The van der Waals surface area contributed by atoms with Crippen LogP contribution in [0.1, 0.15) is 5.48 Å². The first-order valence-electron chi connectivity index (χ1n) is 4.34. The third-order valence-corrected chi connectivity index (χ3v) is 0.572. The van der Waals surface area contributed by atoms with Gasteiger partial charge in [-0.25, -0.2) is 0 Å². The van der Waals surface area contributed by atoms with Crippen LogP contribution in [0.3, 0.4) is 0 Å². The monoisotopic (exact) mass is 91.1 g/mol. The standard InChI is InChI=1S/C4H10N2/c1-2-6-4-3-5-1/h5-6H,1-4H2/i1D2,2D2/hD. The molecule has 1 heterocycles. The predicted molar refractivity (Wildman–Crippen MR) is 25.7 cm³/mol. The Hall–Kier alpha value is -0.0800. The number of rotatable bonds is 0. The second kappa shape index (κ2) is 2.16. The van der Waals surface area contributed by atoms with Crippen LogP contribution in [0.15, 0.2) is 0 Å². The van der Waals surface area contributed by atoms with Gasteiger partial charge >= 0.3 is 0 Å². The molecule has 1 rings (SSSR count). The summed E-state index contributed by atoms with van der Waals surface area (Å²) in [4.78, 5) is 0. The van der Waals surface area contributed by atoms with Gasteiger partial charge in [-0.05, 0) is 0 Å². The van der Waals surface area contributed by atoms with Gasteiger partial charge in [-0.1, -0.05) is 0 Å². The smallest absolute Gasteiger partial charge is 0.122 e. The first-order chi connectivity index (χ1) is 4.88. The second-order valence-corrected chi connectivity index (χ2v) is 1.05. The van der Waals surface area contributed by atoms with Gasteiger partial charge in [-0.3, -0.25) is 0 Å². The molecule has 0 spiro atoms. The van der Waals surface area contributed by atoms with Crippen molar-refractivity contribution in [2.24, 2.45) is 0 Å². The van der Waals surface area contributed by atoms with Gasteiger partial charge in [0.25, 0.3) is 0 Å². The second-order valence-electron chi connectivity index (χ2n) is 1.05. The van der Waals surface area contributed by atoms with Gasteiger partial charge in [-0.2, -0.15) is 0 Å². The van der Waals surface area contributed by atoms with Crippen molar-refractivity contribution in [3.63, 3.8) is 0 Å².